The van der Waals surface area contributed by atoms with Crippen molar-refractivity contribution in [3.05, 3.63) is 75.6 Å². The molecule has 1 unspecified atom stereocenters. The first-order valence-electron chi connectivity index (χ1n) is 9.03. The lowest BCUT2D eigenvalue weighted by molar-refractivity contribution is 0.0942. The number of hydrogen-bond donors (Lipinski definition) is 3. The van der Waals surface area contributed by atoms with Crippen LogP contribution in [0.2, 0.25) is 0 Å². The molecule has 1 atom stereocenters. The minimum atomic E-state index is -0.360. The number of benzene rings is 1. The summed E-state index contributed by atoms with van der Waals surface area (Å²) in [5.41, 5.74) is 8.14. The number of carbonyl (C=O) groups is 1. The Labute approximate surface area is 179 Å². The van der Waals surface area contributed by atoms with Crippen LogP contribution in [0.5, 0.6) is 0 Å². The maximum atomic E-state index is 13.9. The number of nitrogens with zero attached hydrogens (tertiary/aromatic N) is 1. The second-order valence-corrected chi connectivity index (χ2v) is 8.49. The summed E-state index contributed by atoms with van der Waals surface area (Å²) in [5.74, 6) is -0.525. The normalized spacial score (nSPS) is 12.2. The van der Waals surface area contributed by atoms with Crippen molar-refractivity contribution in [1.29, 1.82) is 0 Å². The van der Waals surface area contributed by atoms with Crippen molar-refractivity contribution >= 4 is 44.2 Å². The van der Waals surface area contributed by atoms with Crippen LogP contribution in [0.4, 0.5) is 4.39 Å². The lowest BCUT2D eigenvalue weighted by Gasteiger charge is -2.16. The topological polar surface area (TPSA) is 83.8 Å². The van der Waals surface area contributed by atoms with Gasteiger partial charge in [0.1, 0.15) is 11.5 Å². The molecule has 1 amide bonds. The Morgan fingerprint density at radius 1 is 1.31 bits per heavy atom. The molecule has 1 aromatic carbocycles. The zero-order valence-electron chi connectivity index (χ0n) is 15.3. The zero-order valence-corrected chi connectivity index (χ0v) is 17.7. The van der Waals surface area contributed by atoms with Gasteiger partial charge in [-0.25, -0.2) is 9.37 Å². The summed E-state index contributed by atoms with van der Waals surface area (Å²) >= 11 is 4.95. The monoisotopic (exact) mass is 472 g/mol. The first kappa shape index (κ1) is 19.8. The van der Waals surface area contributed by atoms with E-state index in [9.17, 15) is 9.18 Å². The highest BCUT2D eigenvalue weighted by Gasteiger charge is 2.19. The summed E-state index contributed by atoms with van der Waals surface area (Å²) < 4.78 is 14.8. The number of aromatic amines is 1. The Balaban J connectivity index is 1.56. The first-order chi connectivity index (χ1) is 14.1. The summed E-state index contributed by atoms with van der Waals surface area (Å²) in [6.45, 7) is 0.216. The van der Waals surface area contributed by atoms with Crippen LogP contribution in [0.3, 0.4) is 0 Å². The van der Waals surface area contributed by atoms with E-state index in [0.29, 0.717) is 16.9 Å². The number of nitrogens with two attached hydrogens (primary N) is 1. The third-order valence-electron chi connectivity index (χ3n) is 4.66. The minimum Gasteiger partial charge on any atom is -0.347 e. The smallest absolute Gasteiger partial charge is 0.261 e. The number of halogens is 2. The lowest BCUT2D eigenvalue weighted by Crippen LogP contribution is -2.41. The van der Waals surface area contributed by atoms with Crippen LogP contribution in [-0.4, -0.2) is 28.5 Å². The van der Waals surface area contributed by atoms with Crippen LogP contribution in [-0.2, 0) is 6.42 Å². The van der Waals surface area contributed by atoms with Crippen molar-refractivity contribution in [2.75, 3.05) is 6.54 Å². The Morgan fingerprint density at radius 3 is 2.93 bits per heavy atom. The van der Waals surface area contributed by atoms with E-state index in [1.807, 2.05) is 18.3 Å². The lowest BCUT2D eigenvalue weighted by atomic mass is 10.1. The fourth-order valence-electron chi connectivity index (χ4n) is 3.20. The molecule has 4 N–H and O–H groups in total. The van der Waals surface area contributed by atoms with Gasteiger partial charge in [-0.05, 0) is 52.2 Å². The molecule has 0 radical (unpaired) electrons. The van der Waals surface area contributed by atoms with Crippen LogP contribution < -0.4 is 11.1 Å². The number of amides is 1. The van der Waals surface area contributed by atoms with Crippen molar-refractivity contribution in [1.82, 2.24) is 15.3 Å². The molecule has 0 fully saturated rings. The number of hydrogen-bond acceptors (Lipinski definition) is 4. The van der Waals surface area contributed by atoms with Gasteiger partial charge in [0.15, 0.2) is 0 Å². The van der Waals surface area contributed by atoms with Crippen molar-refractivity contribution in [2.24, 2.45) is 5.73 Å². The van der Waals surface area contributed by atoms with Crippen molar-refractivity contribution < 1.29 is 9.18 Å². The summed E-state index contributed by atoms with van der Waals surface area (Å²) in [7, 11) is 0. The first-order valence-corrected chi connectivity index (χ1v) is 10.6. The largest absolute Gasteiger partial charge is 0.347 e. The van der Waals surface area contributed by atoms with Gasteiger partial charge in [-0.3, -0.25) is 4.79 Å². The van der Waals surface area contributed by atoms with Gasteiger partial charge in [0, 0.05) is 40.4 Å². The quantitative estimate of drug-likeness (QED) is 0.386. The van der Waals surface area contributed by atoms with E-state index < -0.39 is 0 Å². The minimum absolute atomic E-state index is 0.216. The molecule has 4 rings (SSSR count). The second-order valence-electron chi connectivity index (χ2n) is 6.59. The molecule has 5 nitrogen and oxygen atoms in total. The molecule has 4 aromatic rings. The predicted octanol–water partition coefficient (Wildman–Crippen LogP) is 4.49. The molecule has 3 aromatic heterocycles. The van der Waals surface area contributed by atoms with Crippen molar-refractivity contribution in [2.45, 2.75) is 12.5 Å². The molecule has 0 aliphatic rings. The molecule has 148 valence electrons. The summed E-state index contributed by atoms with van der Waals surface area (Å²) in [5, 5.41) is 3.91. The van der Waals surface area contributed by atoms with Crippen LogP contribution in [0.25, 0.3) is 21.5 Å². The van der Waals surface area contributed by atoms with Gasteiger partial charge in [-0.2, -0.15) is 0 Å². The average Bonchev–Trinajstić information content (AvgIpc) is 3.35. The van der Waals surface area contributed by atoms with Crippen LogP contribution in [0.1, 0.15) is 15.2 Å². The predicted molar refractivity (Wildman–Crippen MR) is 118 cm³/mol. The highest BCUT2D eigenvalue weighted by molar-refractivity contribution is 9.10. The molecule has 0 saturated heterocycles. The maximum Gasteiger partial charge on any atom is 0.261 e. The third-order valence-corrected chi connectivity index (χ3v) is 6.71. The second kappa shape index (κ2) is 8.44. The third kappa shape index (κ3) is 4.10. The van der Waals surface area contributed by atoms with E-state index in [2.05, 4.69) is 31.2 Å². The molecule has 0 saturated carbocycles. The molecule has 3 heterocycles. The molecular weight excluding hydrogens is 455 g/mol. The van der Waals surface area contributed by atoms with E-state index in [0.717, 1.165) is 25.9 Å². The molecule has 29 heavy (non-hydrogen) atoms. The van der Waals surface area contributed by atoms with E-state index >= 15 is 0 Å². The number of aromatic nitrogens is 2. The van der Waals surface area contributed by atoms with Crippen LogP contribution in [0, 0.1) is 5.82 Å². The standard InChI is InChI=1S/C21H18BrFN4OS/c22-16-10-18(29-19(16)14-5-7-25-20-15(14)6-8-26-20)21(28)27-13(11-24)9-12-3-1-2-4-17(12)23/h1-8,10,13H,9,11,24H2,(H,25,26)(H,27,28). The van der Waals surface area contributed by atoms with Crippen LogP contribution in [0.15, 0.2) is 59.3 Å². The van der Waals surface area contributed by atoms with Gasteiger partial charge >= 0.3 is 0 Å². The molecule has 0 aliphatic heterocycles. The van der Waals surface area contributed by atoms with E-state index in [4.69, 9.17) is 5.73 Å². The van der Waals surface area contributed by atoms with Crippen molar-refractivity contribution in [3.63, 3.8) is 0 Å². The van der Waals surface area contributed by atoms with Gasteiger partial charge in [0.25, 0.3) is 5.91 Å². The number of rotatable bonds is 6. The Morgan fingerprint density at radius 2 is 2.14 bits per heavy atom. The van der Waals surface area contributed by atoms with Crippen molar-refractivity contribution in [3.8, 4) is 10.4 Å². The Kier molecular flexibility index (Phi) is 5.75. The number of nitrogens with one attached hydrogen (secondary N) is 2. The molecule has 0 spiro atoms. The van der Waals surface area contributed by atoms with Gasteiger partial charge in [0.05, 0.1) is 9.75 Å². The van der Waals surface area contributed by atoms with E-state index in [1.165, 1.54) is 17.4 Å². The SMILES string of the molecule is NCC(Cc1ccccc1F)NC(=O)c1cc(Br)c(-c2ccnc3[nH]ccc23)s1. The fraction of sp³-hybridized carbons (Fsp3) is 0.143. The maximum absolute atomic E-state index is 13.9. The van der Waals surface area contributed by atoms with E-state index in [-0.39, 0.29) is 24.3 Å². The number of fused-ring (bicyclic) bond motifs is 1. The van der Waals surface area contributed by atoms with E-state index in [1.54, 1.807) is 30.5 Å². The van der Waals surface area contributed by atoms with Gasteiger partial charge in [-0.15, -0.1) is 11.3 Å². The summed E-state index contributed by atoms with van der Waals surface area (Å²) in [4.78, 5) is 21.7. The molecule has 0 aliphatic carbocycles. The number of pyridine rings is 1. The van der Waals surface area contributed by atoms with Gasteiger partial charge in [-0.1, -0.05) is 18.2 Å². The number of carbonyl (C=O) groups excluding carboxylic acids is 1. The highest BCUT2D eigenvalue weighted by Crippen LogP contribution is 2.39. The number of H-pyrrole nitrogens is 1. The summed E-state index contributed by atoms with van der Waals surface area (Å²) in [6, 6.07) is 11.8. The molecule has 8 heteroatoms. The van der Waals surface area contributed by atoms with Crippen LogP contribution >= 0.6 is 27.3 Å². The zero-order chi connectivity index (χ0) is 20.4. The summed E-state index contributed by atoms with van der Waals surface area (Å²) in [6.07, 6.45) is 3.91. The van der Waals surface area contributed by atoms with Gasteiger partial charge < -0.3 is 16.0 Å². The fourth-order valence-corrected chi connectivity index (χ4v) is 5.03. The van der Waals surface area contributed by atoms with Gasteiger partial charge in [0.2, 0.25) is 0 Å². The highest BCUT2D eigenvalue weighted by atomic mass is 79.9. The molecular formula is C21H18BrFN4OS. The number of thiophene rings is 1. The Bertz CT molecular complexity index is 1170. The average molecular weight is 473 g/mol. The molecule has 0 bridgehead atoms. The Hall–Kier alpha value is -2.55.